The quantitative estimate of drug-likeness (QED) is 0.639. The second kappa shape index (κ2) is 11.4. The molecule has 1 amide bonds. The molecule has 1 aliphatic heterocycles. The van der Waals surface area contributed by atoms with Crippen molar-refractivity contribution in [3.8, 4) is 0 Å². The maximum atomic E-state index is 12.2. The van der Waals surface area contributed by atoms with Gasteiger partial charge in [0.2, 0.25) is 0 Å². The average molecular weight is 426 g/mol. The number of carbonyl (C=O) groups excluding carboxylic acids is 3. The van der Waals surface area contributed by atoms with E-state index in [0.29, 0.717) is 16.6 Å². The Morgan fingerprint density at radius 2 is 1.79 bits per heavy atom. The van der Waals surface area contributed by atoms with Gasteiger partial charge in [-0.1, -0.05) is 26.0 Å². The minimum atomic E-state index is -0.749. The van der Waals surface area contributed by atoms with E-state index in [-0.39, 0.29) is 5.92 Å². The molecule has 1 aromatic rings. The van der Waals surface area contributed by atoms with E-state index in [1.165, 1.54) is 19.1 Å². The van der Waals surface area contributed by atoms with Crippen LogP contribution in [0.15, 0.2) is 24.3 Å². The van der Waals surface area contributed by atoms with E-state index >= 15 is 0 Å². The predicted molar refractivity (Wildman–Crippen MR) is 112 cm³/mol. The van der Waals surface area contributed by atoms with Crippen molar-refractivity contribution < 1.29 is 23.9 Å². The summed E-state index contributed by atoms with van der Waals surface area (Å²) in [5.41, 5.74) is 1.58. The second-order valence-electron chi connectivity index (χ2n) is 6.90. The molecule has 0 radical (unpaired) electrons. The molecule has 0 aliphatic carbocycles. The van der Waals surface area contributed by atoms with Gasteiger partial charge in [0, 0.05) is 0 Å². The smallest absolute Gasteiger partial charge is 0.338 e. The SMILES string of the molecule is COC(=O)[C@H](CC(C)C)NC(=O)COC(=O)c1ccc(C2SCCCS2)cc1. The van der Waals surface area contributed by atoms with E-state index in [9.17, 15) is 14.4 Å². The van der Waals surface area contributed by atoms with Crippen molar-refractivity contribution in [1.82, 2.24) is 5.32 Å². The molecule has 0 aromatic heterocycles. The van der Waals surface area contributed by atoms with E-state index in [1.54, 1.807) is 12.1 Å². The number of hydrogen-bond acceptors (Lipinski definition) is 7. The lowest BCUT2D eigenvalue weighted by Gasteiger charge is -2.21. The van der Waals surface area contributed by atoms with Gasteiger partial charge in [0.15, 0.2) is 6.61 Å². The number of methoxy groups -OCH3 is 1. The monoisotopic (exact) mass is 425 g/mol. The summed E-state index contributed by atoms with van der Waals surface area (Å²) >= 11 is 3.83. The van der Waals surface area contributed by atoms with Gasteiger partial charge >= 0.3 is 11.9 Å². The summed E-state index contributed by atoms with van der Waals surface area (Å²) < 4.78 is 10.2. The van der Waals surface area contributed by atoms with Gasteiger partial charge < -0.3 is 14.8 Å². The molecule has 1 aliphatic rings. The van der Waals surface area contributed by atoms with Crippen LogP contribution >= 0.6 is 23.5 Å². The van der Waals surface area contributed by atoms with Crippen molar-refractivity contribution in [2.75, 3.05) is 25.2 Å². The van der Waals surface area contributed by atoms with Crippen LogP contribution in [0.5, 0.6) is 0 Å². The third-order valence-electron chi connectivity index (χ3n) is 4.11. The van der Waals surface area contributed by atoms with Crippen LogP contribution in [0.1, 0.15) is 47.2 Å². The summed E-state index contributed by atoms with van der Waals surface area (Å²) in [6, 6.07) is 6.56. The highest BCUT2D eigenvalue weighted by molar-refractivity contribution is 8.16. The highest BCUT2D eigenvalue weighted by atomic mass is 32.2. The van der Waals surface area contributed by atoms with Gasteiger partial charge in [-0.15, -0.1) is 23.5 Å². The Labute approximate surface area is 174 Å². The van der Waals surface area contributed by atoms with Crippen LogP contribution in [0.4, 0.5) is 0 Å². The Morgan fingerprint density at radius 3 is 2.36 bits per heavy atom. The first-order valence-corrected chi connectivity index (χ1v) is 11.4. The van der Waals surface area contributed by atoms with Crippen LogP contribution in [0.2, 0.25) is 0 Å². The Balaban J connectivity index is 1.84. The molecule has 1 aromatic carbocycles. The zero-order valence-electron chi connectivity index (χ0n) is 16.4. The summed E-state index contributed by atoms with van der Waals surface area (Å²) in [7, 11) is 1.27. The Bertz CT molecular complexity index is 672. The zero-order chi connectivity index (χ0) is 20.5. The van der Waals surface area contributed by atoms with Gasteiger partial charge in [0.05, 0.1) is 17.3 Å². The summed E-state index contributed by atoms with van der Waals surface area (Å²) in [5.74, 6) is 0.897. The van der Waals surface area contributed by atoms with Crippen LogP contribution in [0.3, 0.4) is 0 Å². The standard InChI is InChI=1S/C20H27NO5S2/c1-13(2)11-16(19(24)25-3)21-17(22)12-26-18(23)14-5-7-15(8-6-14)20-27-9-4-10-28-20/h5-8,13,16,20H,4,9-12H2,1-3H3,(H,21,22)/t16-/m0/s1. The molecule has 1 fully saturated rings. The number of rotatable bonds is 8. The Kier molecular flexibility index (Phi) is 9.18. The summed E-state index contributed by atoms with van der Waals surface area (Å²) in [6.45, 7) is 3.44. The first-order valence-electron chi connectivity index (χ1n) is 9.28. The van der Waals surface area contributed by atoms with Crippen molar-refractivity contribution >= 4 is 41.4 Å². The Hall–Kier alpha value is -1.67. The van der Waals surface area contributed by atoms with Gasteiger partial charge in [-0.2, -0.15) is 0 Å². The molecule has 0 saturated carbocycles. The molecule has 0 bridgehead atoms. The predicted octanol–water partition coefficient (Wildman–Crippen LogP) is 3.42. The van der Waals surface area contributed by atoms with Crippen molar-refractivity contribution in [3.05, 3.63) is 35.4 Å². The lowest BCUT2D eigenvalue weighted by molar-refractivity contribution is -0.145. The van der Waals surface area contributed by atoms with Crippen LogP contribution in [0.25, 0.3) is 0 Å². The van der Waals surface area contributed by atoms with Crippen LogP contribution < -0.4 is 5.32 Å². The summed E-state index contributed by atoms with van der Waals surface area (Å²) in [6.07, 6.45) is 1.68. The second-order valence-corrected chi connectivity index (χ2v) is 9.62. The first kappa shape index (κ1) is 22.6. The fraction of sp³-hybridized carbons (Fsp3) is 0.550. The number of thioether (sulfide) groups is 2. The van der Waals surface area contributed by atoms with Gasteiger partial charge in [-0.25, -0.2) is 9.59 Å². The number of esters is 2. The number of carbonyl (C=O) groups is 3. The number of nitrogens with one attached hydrogen (secondary N) is 1. The molecular weight excluding hydrogens is 398 g/mol. The van der Waals surface area contributed by atoms with Crippen molar-refractivity contribution in [2.24, 2.45) is 5.92 Å². The molecule has 1 heterocycles. The number of amides is 1. The van der Waals surface area contributed by atoms with E-state index in [1.807, 2.05) is 49.5 Å². The molecule has 6 nitrogen and oxygen atoms in total. The van der Waals surface area contributed by atoms with Crippen LogP contribution in [-0.2, 0) is 19.1 Å². The number of ether oxygens (including phenoxy) is 2. The number of hydrogen-bond donors (Lipinski definition) is 1. The lowest BCUT2D eigenvalue weighted by atomic mass is 10.0. The van der Waals surface area contributed by atoms with Gasteiger partial charge in [-0.3, -0.25) is 4.79 Å². The van der Waals surface area contributed by atoms with E-state index in [0.717, 1.165) is 11.5 Å². The summed E-state index contributed by atoms with van der Waals surface area (Å²) in [5, 5.41) is 2.56. The lowest BCUT2D eigenvalue weighted by Crippen LogP contribution is -2.44. The molecule has 8 heteroatoms. The highest BCUT2D eigenvalue weighted by Gasteiger charge is 2.23. The fourth-order valence-corrected chi connectivity index (χ4v) is 5.63. The molecule has 0 unspecified atom stereocenters. The van der Waals surface area contributed by atoms with Crippen molar-refractivity contribution in [3.63, 3.8) is 0 Å². The topological polar surface area (TPSA) is 81.7 Å². The van der Waals surface area contributed by atoms with Crippen molar-refractivity contribution in [2.45, 2.75) is 37.3 Å². The van der Waals surface area contributed by atoms with E-state index in [4.69, 9.17) is 9.47 Å². The third-order valence-corrected chi connectivity index (χ3v) is 7.12. The maximum Gasteiger partial charge on any atom is 0.338 e. The maximum absolute atomic E-state index is 12.2. The molecule has 1 N–H and O–H groups in total. The molecule has 0 spiro atoms. The largest absolute Gasteiger partial charge is 0.467 e. The van der Waals surface area contributed by atoms with Crippen molar-refractivity contribution in [1.29, 1.82) is 0 Å². The molecule has 1 saturated heterocycles. The summed E-state index contributed by atoms with van der Waals surface area (Å²) in [4.78, 5) is 36.0. The Morgan fingerprint density at radius 1 is 1.14 bits per heavy atom. The van der Waals surface area contributed by atoms with E-state index in [2.05, 4.69) is 5.32 Å². The highest BCUT2D eigenvalue weighted by Crippen LogP contribution is 2.43. The normalized spacial score (nSPS) is 15.7. The van der Waals surface area contributed by atoms with E-state index < -0.39 is 30.5 Å². The minimum Gasteiger partial charge on any atom is -0.467 e. The third kappa shape index (κ3) is 7.05. The molecule has 2 rings (SSSR count). The minimum absolute atomic E-state index is 0.200. The van der Waals surface area contributed by atoms with Crippen LogP contribution in [0, 0.1) is 5.92 Å². The zero-order valence-corrected chi connectivity index (χ0v) is 18.1. The molecule has 154 valence electrons. The number of benzene rings is 1. The fourth-order valence-electron chi connectivity index (χ4n) is 2.73. The van der Waals surface area contributed by atoms with Gasteiger partial charge in [0.1, 0.15) is 6.04 Å². The first-order chi connectivity index (χ1) is 13.4. The van der Waals surface area contributed by atoms with Gasteiger partial charge in [-0.05, 0) is 48.0 Å². The molecular formula is C20H27NO5S2. The average Bonchev–Trinajstić information content (AvgIpc) is 2.71. The molecule has 1 atom stereocenters. The molecule has 28 heavy (non-hydrogen) atoms. The van der Waals surface area contributed by atoms with Crippen LogP contribution in [-0.4, -0.2) is 49.1 Å². The van der Waals surface area contributed by atoms with Gasteiger partial charge in [0.25, 0.3) is 5.91 Å².